The molecule has 0 aliphatic carbocycles. The van der Waals surface area contributed by atoms with Crippen LogP contribution in [0.15, 0.2) is 12.4 Å². The number of nitrogens with zero attached hydrogens (tertiary/aromatic N) is 2. The maximum atomic E-state index is 11.8. The molecule has 1 aromatic rings. The Bertz CT molecular complexity index is 315. The topological polar surface area (TPSA) is 34.9 Å². The lowest BCUT2D eigenvalue weighted by atomic mass is 9.92. The van der Waals surface area contributed by atoms with Crippen molar-refractivity contribution in [2.45, 2.75) is 27.2 Å². The second-order valence-corrected chi connectivity index (χ2v) is 4.13. The van der Waals surface area contributed by atoms with E-state index in [1.165, 1.54) is 0 Å². The summed E-state index contributed by atoms with van der Waals surface area (Å²) in [5.74, 6) is 1.64. The summed E-state index contributed by atoms with van der Waals surface area (Å²) < 4.78 is 1.89. The zero-order chi connectivity index (χ0) is 10.7. The summed E-state index contributed by atoms with van der Waals surface area (Å²) in [4.78, 5) is 15.9. The van der Waals surface area contributed by atoms with Gasteiger partial charge in [0.25, 0.3) is 0 Å². The smallest absolute Gasteiger partial charge is 0.143 e. The van der Waals surface area contributed by atoms with Gasteiger partial charge in [0.1, 0.15) is 11.6 Å². The Hall–Kier alpha value is -1.12. The fraction of sp³-hybridized carbons (Fsp3) is 0.636. The van der Waals surface area contributed by atoms with Crippen molar-refractivity contribution < 1.29 is 4.79 Å². The number of hydrogen-bond donors (Lipinski definition) is 0. The van der Waals surface area contributed by atoms with Gasteiger partial charge in [0.15, 0.2) is 0 Å². The van der Waals surface area contributed by atoms with E-state index in [0.717, 1.165) is 5.82 Å². The lowest BCUT2D eigenvalue weighted by Crippen LogP contribution is -2.20. The molecule has 0 amide bonds. The SMILES string of the molecule is CC(C)C(C)C(=O)Cc1nccn1C. The van der Waals surface area contributed by atoms with Crippen LogP contribution in [0.1, 0.15) is 26.6 Å². The molecule has 3 heteroatoms. The molecular formula is C11H18N2O. The predicted octanol–water partition coefficient (Wildman–Crippen LogP) is 1.82. The normalized spacial score (nSPS) is 13.2. The fourth-order valence-corrected chi connectivity index (χ4v) is 1.26. The second kappa shape index (κ2) is 4.40. The third kappa shape index (κ3) is 2.44. The van der Waals surface area contributed by atoms with Crippen LogP contribution in [0.4, 0.5) is 0 Å². The molecule has 0 N–H and O–H groups in total. The van der Waals surface area contributed by atoms with Crippen molar-refractivity contribution in [3.63, 3.8) is 0 Å². The van der Waals surface area contributed by atoms with E-state index in [9.17, 15) is 4.79 Å². The van der Waals surface area contributed by atoms with E-state index in [2.05, 4.69) is 18.8 Å². The van der Waals surface area contributed by atoms with Crippen LogP contribution < -0.4 is 0 Å². The Morgan fingerprint density at radius 1 is 1.50 bits per heavy atom. The van der Waals surface area contributed by atoms with Crippen LogP contribution in [0.25, 0.3) is 0 Å². The standard InChI is InChI=1S/C11H18N2O/c1-8(2)9(3)10(14)7-11-12-5-6-13(11)4/h5-6,8-9H,7H2,1-4H3. The van der Waals surface area contributed by atoms with Crippen molar-refractivity contribution in [3.05, 3.63) is 18.2 Å². The third-order valence-electron chi connectivity index (χ3n) is 2.76. The van der Waals surface area contributed by atoms with Gasteiger partial charge in [-0.25, -0.2) is 4.98 Å². The molecule has 0 aliphatic heterocycles. The summed E-state index contributed by atoms with van der Waals surface area (Å²) in [6.45, 7) is 6.12. The number of carbonyl (C=O) groups excluding carboxylic acids is 1. The molecule has 14 heavy (non-hydrogen) atoms. The third-order valence-corrected chi connectivity index (χ3v) is 2.76. The van der Waals surface area contributed by atoms with E-state index in [1.807, 2.05) is 24.7 Å². The zero-order valence-electron chi connectivity index (χ0n) is 9.32. The largest absolute Gasteiger partial charge is 0.338 e. The number of aromatic nitrogens is 2. The number of aryl methyl sites for hydroxylation is 1. The highest BCUT2D eigenvalue weighted by molar-refractivity contribution is 5.82. The Kier molecular flexibility index (Phi) is 3.44. The highest BCUT2D eigenvalue weighted by atomic mass is 16.1. The van der Waals surface area contributed by atoms with Crippen LogP contribution in [-0.4, -0.2) is 15.3 Å². The van der Waals surface area contributed by atoms with Crippen molar-refractivity contribution in [1.82, 2.24) is 9.55 Å². The molecule has 0 fully saturated rings. The van der Waals surface area contributed by atoms with Crippen molar-refractivity contribution >= 4 is 5.78 Å². The first-order valence-corrected chi connectivity index (χ1v) is 5.01. The van der Waals surface area contributed by atoms with Crippen LogP contribution in [0.3, 0.4) is 0 Å². The predicted molar refractivity (Wildman–Crippen MR) is 55.9 cm³/mol. The number of carbonyl (C=O) groups is 1. The first kappa shape index (κ1) is 11.0. The first-order chi connectivity index (χ1) is 6.52. The van der Waals surface area contributed by atoms with E-state index < -0.39 is 0 Å². The van der Waals surface area contributed by atoms with Gasteiger partial charge in [-0.2, -0.15) is 0 Å². The minimum atomic E-state index is 0.117. The van der Waals surface area contributed by atoms with Crippen LogP contribution in [-0.2, 0) is 18.3 Å². The fourth-order valence-electron chi connectivity index (χ4n) is 1.26. The molecule has 0 aromatic carbocycles. The lowest BCUT2D eigenvalue weighted by molar-refractivity contribution is -0.123. The lowest BCUT2D eigenvalue weighted by Gasteiger charge is -2.13. The molecule has 0 saturated carbocycles. The van der Waals surface area contributed by atoms with Gasteiger partial charge < -0.3 is 4.57 Å². The highest BCUT2D eigenvalue weighted by Gasteiger charge is 2.18. The number of rotatable bonds is 4. The van der Waals surface area contributed by atoms with E-state index in [-0.39, 0.29) is 11.7 Å². The maximum Gasteiger partial charge on any atom is 0.143 e. The van der Waals surface area contributed by atoms with E-state index in [4.69, 9.17) is 0 Å². The Morgan fingerprint density at radius 2 is 2.14 bits per heavy atom. The molecule has 1 atom stereocenters. The Labute approximate surface area is 85.2 Å². The van der Waals surface area contributed by atoms with E-state index >= 15 is 0 Å². The zero-order valence-corrected chi connectivity index (χ0v) is 9.32. The molecule has 1 aromatic heterocycles. The summed E-state index contributed by atoms with van der Waals surface area (Å²) in [5.41, 5.74) is 0. The molecule has 78 valence electrons. The van der Waals surface area contributed by atoms with Gasteiger partial charge >= 0.3 is 0 Å². The van der Waals surface area contributed by atoms with Gasteiger partial charge in [-0.1, -0.05) is 20.8 Å². The number of hydrogen-bond acceptors (Lipinski definition) is 2. The van der Waals surface area contributed by atoms with Crippen molar-refractivity contribution in [2.24, 2.45) is 18.9 Å². The minimum Gasteiger partial charge on any atom is -0.338 e. The summed E-state index contributed by atoms with van der Waals surface area (Å²) in [7, 11) is 1.91. The minimum absolute atomic E-state index is 0.117. The van der Waals surface area contributed by atoms with Crippen LogP contribution in [0.2, 0.25) is 0 Å². The van der Waals surface area contributed by atoms with Gasteiger partial charge in [0.2, 0.25) is 0 Å². The highest BCUT2D eigenvalue weighted by Crippen LogP contribution is 2.13. The molecule has 0 radical (unpaired) electrons. The molecule has 0 spiro atoms. The maximum absolute atomic E-state index is 11.8. The van der Waals surface area contributed by atoms with E-state index in [1.54, 1.807) is 6.20 Å². The van der Waals surface area contributed by atoms with Crippen LogP contribution in [0, 0.1) is 11.8 Å². The second-order valence-electron chi connectivity index (χ2n) is 4.13. The van der Waals surface area contributed by atoms with E-state index in [0.29, 0.717) is 12.3 Å². The van der Waals surface area contributed by atoms with Crippen molar-refractivity contribution in [2.75, 3.05) is 0 Å². The summed E-state index contributed by atoms with van der Waals surface area (Å²) >= 11 is 0. The molecular weight excluding hydrogens is 176 g/mol. The van der Waals surface area contributed by atoms with Gasteiger partial charge in [-0.15, -0.1) is 0 Å². The molecule has 1 heterocycles. The molecule has 1 unspecified atom stereocenters. The van der Waals surface area contributed by atoms with Crippen molar-refractivity contribution in [1.29, 1.82) is 0 Å². The van der Waals surface area contributed by atoms with Crippen LogP contribution >= 0.6 is 0 Å². The van der Waals surface area contributed by atoms with Gasteiger partial charge in [0, 0.05) is 25.4 Å². The number of ketones is 1. The molecule has 0 bridgehead atoms. The van der Waals surface area contributed by atoms with Gasteiger partial charge in [-0.3, -0.25) is 4.79 Å². The molecule has 0 aliphatic rings. The molecule has 3 nitrogen and oxygen atoms in total. The Balaban J connectivity index is 2.62. The monoisotopic (exact) mass is 194 g/mol. The first-order valence-electron chi connectivity index (χ1n) is 5.01. The Morgan fingerprint density at radius 3 is 2.57 bits per heavy atom. The summed E-state index contributed by atoms with van der Waals surface area (Å²) in [6, 6.07) is 0. The molecule has 0 saturated heterocycles. The summed E-state index contributed by atoms with van der Waals surface area (Å²) in [5, 5.41) is 0. The number of Topliss-reactive ketones (excluding diaryl/α,β-unsaturated/α-hetero) is 1. The van der Waals surface area contributed by atoms with Crippen LogP contribution in [0.5, 0.6) is 0 Å². The summed E-state index contributed by atoms with van der Waals surface area (Å²) in [6.07, 6.45) is 4.04. The molecule has 1 rings (SSSR count). The van der Waals surface area contributed by atoms with Crippen molar-refractivity contribution in [3.8, 4) is 0 Å². The number of imidazole rings is 1. The average Bonchev–Trinajstić information content (AvgIpc) is 2.50. The average molecular weight is 194 g/mol. The van der Waals surface area contributed by atoms with Gasteiger partial charge in [0.05, 0.1) is 6.42 Å². The van der Waals surface area contributed by atoms with Gasteiger partial charge in [-0.05, 0) is 5.92 Å². The quantitative estimate of drug-likeness (QED) is 0.733.